The number of nitrogens with zero attached hydrogens (tertiary/aromatic N) is 8. The number of amides is 1. The fourth-order valence-corrected chi connectivity index (χ4v) is 4.42. The Hall–Kier alpha value is -3.99. The highest BCUT2D eigenvalue weighted by Gasteiger charge is 2.31. The standard InChI is InChI=1S/C25H28FN9O/c1-15(2)35-14-29-22-20(35)12-18(30-23(22)26)17-9-10-27-25(31-17)32-21-8-7-16(13-28-21)34-11-5-6-19(24(34)36)33(3)4/h7-10,12-15,19H,5-6,11H2,1-4H3,(H,27,28,31,32). The molecule has 1 unspecified atom stereocenters. The molecule has 0 spiro atoms. The van der Waals surface area contributed by atoms with E-state index < -0.39 is 5.95 Å². The van der Waals surface area contributed by atoms with Crippen molar-refractivity contribution in [2.24, 2.45) is 0 Å². The summed E-state index contributed by atoms with van der Waals surface area (Å²) in [6.07, 6.45) is 6.66. The number of carbonyl (C=O) groups excluding carboxylic acids is 1. The van der Waals surface area contributed by atoms with Crippen molar-refractivity contribution < 1.29 is 9.18 Å². The van der Waals surface area contributed by atoms with E-state index in [0.29, 0.717) is 35.2 Å². The second-order valence-corrected chi connectivity index (χ2v) is 9.32. The van der Waals surface area contributed by atoms with E-state index in [2.05, 4.69) is 30.2 Å². The molecule has 10 nitrogen and oxygen atoms in total. The van der Waals surface area contributed by atoms with Gasteiger partial charge in [0, 0.05) is 18.8 Å². The predicted octanol–water partition coefficient (Wildman–Crippen LogP) is 3.80. The van der Waals surface area contributed by atoms with Crippen LogP contribution >= 0.6 is 0 Å². The normalized spacial score (nSPS) is 16.4. The number of aromatic nitrogens is 6. The number of likely N-dealkylation sites (N-methyl/N-ethyl adjacent to an activating group) is 1. The number of imidazole rings is 1. The van der Waals surface area contributed by atoms with Gasteiger partial charge in [-0.25, -0.2) is 24.9 Å². The molecule has 1 N–H and O–H groups in total. The zero-order valence-electron chi connectivity index (χ0n) is 20.7. The van der Waals surface area contributed by atoms with E-state index in [4.69, 9.17) is 0 Å². The van der Waals surface area contributed by atoms with Crippen LogP contribution in [0.4, 0.5) is 21.8 Å². The quantitative estimate of drug-likeness (QED) is 0.408. The lowest BCUT2D eigenvalue weighted by Crippen LogP contribution is -2.50. The summed E-state index contributed by atoms with van der Waals surface area (Å²) in [6.45, 7) is 4.68. The number of hydrogen-bond donors (Lipinski definition) is 1. The van der Waals surface area contributed by atoms with Gasteiger partial charge in [-0.1, -0.05) is 0 Å². The lowest BCUT2D eigenvalue weighted by molar-refractivity contribution is -0.124. The molecule has 1 fully saturated rings. The van der Waals surface area contributed by atoms with E-state index in [1.54, 1.807) is 41.8 Å². The van der Waals surface area contributed by atoms with Crippen LogP contribution in [0.15, 0.2) is 43.0 Å². The van der Waals surface area contributed by atoms with Crippen LogP contribution in [-0.2, 0) is 4.79 Å². The Morgan fingerprint density at radius 3 is 2.67 bits per heavy atom. The number of carbonyl (C=O) groups is 1. The van der Waals surface area contributed by atoms with E-state index in [-0.39, 0.29) is 23.5 Å². The second-order valence-electron chi connectivity index (χ2n) is 9.32. The van der Waals surface area contributed by atoms with Gasteiger partial charge < -0.3 is 14.8 Å². The SMILES string of the molecule is CC(C)n1cnc2c(F)nc(-c3ccnc(Nc4ccc(N5CCCC(N(C)C)C5=O)cn4)n3)cc21. The maximum Gasteiger partial charge on any atom is 0.244 e. The van der Waals surface area contributed by atoms with Crippen molar-refractivity contribution >= 4 is 34.4 Å². The highest BCUT2D eigenvalue weighted by Crippen LogP contribution is 2.26. The molecule has 186 valence electrons. The topological polar surface area (TPSA) is 105 Å². The zero-order valence-corrected chi connectivity index (χ0v) is 20.7. The summed E-state index contributed by atoms with van der Waals surface area (Å²) in [5.74, 6) is 0.266. The number of piperidine rings is 1. The summed E-state index contributed by atoms with van der Waals surface area (Å²) >= 11 is 0. The number of anilines is 3. The molecule has 1 atom stereocenters. The van der Waals surface area contributed by atoms with E-state index in [0.717, 1.165) is 18.5 Å². The largest absolute Gasteiger partial charge is 0.328 e. The van der Waals surface area contributed by atoms with Crippen LogP contribution in [0.2, 0.25) is 0 Å². The molecule has 0 saturated carbocycles. The van der Waals surface area contributed by atoms with Crippen LogP contribution in [0.3, 0.4) is 0 Å². The van der Waals surface area contributed by atoms with Crippen LogP contribution in [0.5, 0.6) is 0 Å². The lowest BCUT2D eigenvalue weighted by atomic mass is 10.0. The molecule has 1 aliphatic heterocycles. The third-order valence-electron chi connectivity index (χ3n) is 6.33. The van der Waals surface area contributed by atoms with Gasteiger partial charge in [-0.05, 0) is 65.0 Å². The van der Waals surface area contributed by atoms with Gasteiger partial charge in [-0.2, -0.15) is 4.39 Å². The number of halogens is 1. The molecule has 1 aliphatic rings. The molecule has 1 amide bonds. The Labute approximate surface area is 208 Å². The van der Waals surface area contributed by atoms with Crippen LogP contribution in [0.1, 0.15) is 32.7 Å². The fourth-order valence-electron chi connectivity index (χ4n) is 4.42. The highest BCUT2D eigenvalue weighted by atomic mass is 19.1. The number of nitrogens with one attached hydrogen (secondary N) is 1. The van der Waals surface area contributed by atoms with E-state index in [1.165, 1.54) is 0 Å². The fraction of sp³-hybridized carbons (Fsp3) is 0.360. The first-order valence-electron chi connectivity index (χ1n) is 11.9. The van der Waals surface area contributed by atoms with Gasteiger partial charge in [0.2, 0.25) is 17.8 Å². The first-order valence-corrected chi connectivity index (χ1v) is 11.9. The average molecular weight is 490 g/mol. The van der Waals surface area contributed by atoms with Crippen LogP contribution in [-0.4, -0.2) is 67.0 Å². The molecule has 5 rings (SSSR count). The third kappa shape index (κ3) is 4.49. The van der Waals surface area contributed by atoms with Gasteiger partial charge in [0.05, 0.1) is 41.2 Å². The molecule has 0 aromatic carbocycles. The first kappa shape index (κ1) is 23.7. The molecule has 1 saturated heterocycles. The van der Waals surface area contributed by atoms with Crippen molar-refractivity contribution in [1.82, 2.24) is 34.4 Å². The molecular weight excluding hydrogens is 461 g/mol. The van der Waals surface area contributed by atoms with Crippen molar-refractivity contribution in [2.75, 3.05) is 30.9 Å². The van der Waals surface area contributed by atoms with Gasteiger partial charge in [0.25, 0.3) is 0 Å². The Morgan fingerprint density at radius 1 is 1.11 bits per heavy atom. The maximum absolute atomic E-state index is 14.7. The van der Waals surface area contributed by atoms with Crippen molar-refractivity contribution in [3.05, 3.63) is 48.9 Å². The summed E-state index contributed by atoms with van der Waals surface area (Å²) in [5.41, 5.74) is 2.49. The highest BCUT2D eigenvalue weighted by molar-refractivity contribution is 5.97. The summed E-state index contributed by atoms with van der Waals surface area (Å²) in [5, 5.41) is 3.07. The van der Waals surface area contributed by atoms with E-state index >= 15 is 0 Å². The minimum atomic E-state index is -0.643. The monoisotopic (exact) mass is 489 g/mol. The van der Waals surface area contributed by atoms with Crippen LogP contribution in [0, 0.1) is 5.95 Å². The minimum Gasteiger partial charge on any atom is -0.328 e. The van der Waals surface area contributed by atoms with Crippen molar-refractivity contribution in [3.8, 4) is 11.4 Å². The summed E-state index contributed by atoms with van der Waals surface area (Å²) in [4.78, 5) is 38.0. The van der Waals surface area contributed by atoms with Gasteiger partial charge in [-0.15, -0.1) is 0 Å². The first-order chi connectivity index (χ1) is 17.3. The number of hydrogen-bond acceptors (Lipinski definition) is 8. The number of rotatable bonds is 6. The lowest BCUT2D eigenvalue weighted by Gasteiger charge is -2.35. The van der Waals surface area contributed by atoms with Crippen molar-refractivity contribution in [2.45, 2.75) is 38.8 Å². The number of pyridine rings is 2. The average Bonchev–Trinajstić information content (AvgIpc) is 3.30. The molecule has 0 radical (unpaired) electrons. The molecule has 0 aliphatic carbocycles. The maximum atomic E-state index is 14.7. The Balaban J connectivity index is 1.37. The number of fused-ring (bicyclic) bond motifs is 1. The smallest absolute Gasteiger partial charge is 0.244 e. The molecule has 36 heavy (non-hydrogen) atoms. The molecule has 4 aromatic rings. The van der Waals surface area contributed by atoms with Crippen LogP contribution < -0.4 is 10.2 Å². The Morgan fingerprint density at radius 2 is 1.94 bits per heavy atom. The molecular formula is C25H28FN9O. The van der Waals surface area contributed by atoms with E-state index in [9.17, 15) is 9.18 Å². The molecule has 11 heteroatoms. The van der Waals surface area contributed by atoms with E-state index in [1.807, 2.05) is 43.5 Å². The molecule has 4 aromatic heterocycles. The summed E-state index contributed by atoms with van der Waals surface area (Å²) in [7, 11) is 3.85. The minimum absolute atomic E-state index is 0.0836. The summed E-state index contributed by atoms with van der Waals surface area (Å²) in [6, 6.07) is 7.09. The molecule has 5 heterocycles. The predicted molar refractivity (Wildman–Crippen MR) is 135 cm³/mol. The van der Waals surface area contributed by atoms with Crippen LogP contribution in [0.25, 0.3) is 22.4 Å². The van der Waals surface area contributed by atoms with Gasteiger partial charge in [-0.3, -0.25) is 9.69 Å². The van der Waals surface area contributed by atoms with Gasteiger partial charge >= 0.3 is 0 Å². The Kier molecular flexibility index (Phi) is 6.31. The summed E-state index contributed by atoms with van der Waals surface area (Å²) < 4.78 is 16.5. The van der Waals surface area contributed by atoms with Crippen molar-refractivity contribution in [3.63, 3.8) is 0 Å². The third-order valence-corrected chi connectivity index (χ3v) is 6.33. The van der Waals surface area contributed by atoms with Gasteiger partial charge in [0.15, 0.2) is 0 Å². The molecule has 0 bridgehead atoms. The van der Waals surface area contributed by atoms with Crippen molar-refractivity contribution in [1.29, 1.82) is 0 Å². The van der Waals surface area contributed by atoms with Gasteiger partial charge in [0.1, 0.15) is 11.3 Å². The Bertz CT molecular complexity index is 1400. The zero-order chi connectivity index (χ0) is 25.4. The second kappa shape index (κ2) is 9.57.